The monoisotopic (exact) mass is 340 g/mol. The summed E-state index contributed by atoms with van der Waals surface area (Å²) in [5.41, 5.74) is -0.409. The highest BCUT2D eigenvalue weighted by molar-refractivity contribution is 5.87. The summed E-state index contributed by atoms with van der Waals surface area (Å²) in [6.45, 7) is -0.0917. The third-order valence-corrected chi connectivity index (χ3v) is 4.19. The Kier molecular flexibility index (Phi) is 5.48. The van der Waals surface area contributed by atoms with Gasteiger partial charge in [0.25, 0.3) is 0 Å². The van der Waals surface area contributed by atoms with E-state index in [0.29, 0.717) is 6.42 Å². The van der Waals surface area contributed by atoms with Gasteiger partial charge in [-0.05, 0) is 25.0 Å². The number of amides is 2. The van der Waals surface area contributed by atoms with Crippen LogP contribution in [0, 0.1) is 17.6 Å². The van der Waals surface area contributed by atoms with Crippen LogP contribution in [0.2, 0.25) is 0 Å². The first-order valence-corrected chi connectivity index (χ1v) is 7.52. The van der Waals surface area contributed by atoms with Gasteiger partial charge >= 0.3 is 5.97 Å². The summed E-state index contributed by atoms with van der Waals surface area (Å²) >= 11 is 0. The summed E-state index contributed by atoms with van der Waals surface area (Å²) in [5.74, 6) is -4.49. The largest absolute Gasteiger partial charge is 0.480 e. The van der Waals surface area contributed by atoms with Crippen molar-refractivity contribution in [2.75, 3.05) is 13.6 Å². The second kappa shape index (κ2) is 7.37. The van der Waals surface area contributed by atoms with E-state index in [2.05, 4.69) is 5.32 Å². The number of carbonyl (C=O) groups is 3. The van der Waals surface area contributed by atoms with Crippen molar-refractivity contribution in [3.05, 3.63) is 35.4 Å². The summed E-state index contributed by atoms with van der Waals surface area (Å²) in [6, 6.07) is 2.14. The van der Waals surface area contributed by atoms with Crippen LogP contribution in [0.15, 0.2) is 18.2 Å². The number of hydrogen-bond acceptors (Lipinski definition) is 3. The van der Waals surface area contributed by atoms with Crippen LogP contribution in [0.25, 0.3) is 0 Å². The standard InChI is InChI=1S/C16H18F2N2O4/c1-19-15(22)9-5-6-13(16(23)24)20(8-9)14(21)7-10-11(17)3-2-4-12(10)18/h2-4,9,13H,5-8H2,1H3,(H,19,22)(H,23,24)/t9-,13-/m0/s1. The molecule has 1 aliphatic rings. The van der Waals surface area contributed by atoms with Crippen LogP contribution < -0.4 is 5.32 Å². The van der Waals surface area contributed by atoms with Crippen LogP contribution in [-0.4, -0.2) is 47.4 Å². The lowest BCUT2D eigenvalue weighted by Gasteiger charge is -2.36. The number of halogens is 2. The van der Waals surface area contributed by atoms with E-state index in [9.17, 15) is 28.3 Å². The Morgan fingerprint density at radius 1 is 1.25 bits per heavy atom. The fraction of sp³-hybridized carbons (Fsp3) is 0.438. The predicted octanol–water partition coefficient (Wildman–Crippen LogP) is 0.945. The molecule has 1 heterocycles. The molecule has 1 saturated heterocycles. The zero-order chi connectivity index (χ0) is 17.9. The SMILES string of the molecule is CNC(=O)[C@H]1CC[C@@H](C(=O)O)N(C(=O)Cc2c(F)cccc2F)C1. The van der Waals surface area contributed by atoms with E-state index in [1.54, 1.807) is 0 Å². The Bertz CT molecular complexity index is 645. The van der Waals surface area contributed by atoms with Gasteiger partial charge in [-0.15, -0.1) is 0 Å². The van der Waals surface area contributed by atoms with E-state index in [1.165, 1.54) is 13.1 Å². The van der Waals surface area contributed by atoms with Crippen molar-refractivity contribution in [2.24, 2.45) is 5.92 Å². The van der Waals surface area contributed by atoms with Gasteiger partial charge in [-0.3, -0.25) is 9.59 Å². The lowest BCUT2D eigenvalue weighted by atomic mass is 9.91. The molecule has 0 unspecified atom stereocenters. The van der Waals surface area contributed by atoms with Crippen molar-refractivity contribution in [3.63, 3.8) is 0 Å². The lowest BCUT2D eigenvalue weighted by molar-refractivity contribution is -0.154. The molecule has 1 aromatic rings. The quantitative estimate of drug-likeness (QED) is 0.854. The Balaban J connectivity index is 2.22. The van der Waals surface area contributed by atoms with Crippen LogP contribution in [-0.2, 0) is 20.8 Å². The maximum atomic E-state index is 13.7. The normalized spacial score (nSPS) is 20.5. The maximum absolute atomic E-state index is 13.7. The molecular formula is C16H18F2N2O4. The summed E-state index contributed by atoms with van der Waals surface area (Å²) in [6.07, 6.45) is -0.157. The number of nitrogens with zero attached hydrogens (tertiary/aromatic N) is 1. The summed E-state index contributed by atoms with van der Waals surface area (Å²) in [4.78, 5) is 36.6. The van der Waals surface area contributed by atoms with Gasteiger partial charge in [-0.25, -0.2) is 13.6 Å². The molecule has 2 rings (SSSR count). The Morgan fingerprint density at radius 3 is 2.42 bits per heavy atom. The molecule has 0 aromatic heterocycles. The zero-order valence-electron chi connectivity index (χ0n) is 13.1. The van der Waals surface area contributed by atoms with Gasteiger partial charge in [0.15, 0.2) is 0 Å². The number of nitrogens with one attached hydrogen (secondary N) is 1. The number of likely N-dealkylation sites (tertiary alicyclic amines) is 1. The summed E-state index contributed by atoms with van der Waals surface area (Å²) < 4.78 is 27.4. The second-order valence-corrected chi connectivity index (χ2v) is 5.67. The first-order valence-electron chi connectivity index (χ1n) is 7.52. The molecule has 1 aromatic carbocycles. The Morgan fingerprint density at radius 2 is 1.88 bits per heavy atom. The van der Waals surface area contributed by atoms with E-state index in [-0.39, 0.29) is 18.9 Å². The van der Waals surface area contributed by atoms with Gasteiger partial charge in [-0.1, -0.05) is 6.07 Å². The third-order valence-electron chi connectivity index (χ3n) is 4.19. The molecule has 6 nitrogen and oxygen atoms in total. The van der Waals surface area contributed by atoms with Gasteiger partial charge in [-0.2, -0.15) is 0 Å². The first kappa shape index (κ1) is 17.8. The minimum atomic E-state index is -1.20. The van der Waals surface area contributed by atoms with Gasteiger partial charge in [0.05, 0.1) is 12.3 Å². The topological polar surface area (TPSA) is 86.7 Å². The molecule has 1 fully saturated rings. The summed E-state index contributed by atoms with van der Waals surface area (Å²) in [5, 5.41) is 11.7. The maximum Gasteiger partial charge on any atom is 0.326 e. The van der Waals surface area contributed by atoms with Crippen LogP contribution in [0.3, 0.4) is 0 Å². The molecule has 24 heavy (non-hydrogen) atoms. The average Bonchev–Trinajstić information content (AvgIpc) is 2.56. The Labute approximate surface area is 137 Å². The van der Waals surface area contributed by atoms with Crippen LogP contribution in [0.1, 0.15) is 18.4 Å². The number of carbonyl (C=O) groups excluding carboxylic acids is 2. The smallest absolute Gasteiger partial charge is 0.326 e. The molecule has 0 saturated carbocycles. The van der Waals surface area contributed by atoms with Crippen LogP contribution >= 0.6 is 0 Å². The number of benzene rings is 1. The highest BCUT2D eigenvalue weighted by atomic mass is 19.1. The van der Waals surface area contributed by atoms with Gasteiger partial charge < -0.3 is 15.3 Å². The third kappa shape index (κ3) is 3.69. The van der Waals surface area contributed by atoms with Crippen molar-refractivity contribution >= 4 is 17.8 Å². The fourth-order valence-corrected chi connectivity index (χ4v) is 2.88. The van der Waals surface area contributed by atoms with Crippen molar-refractivity contribution in [2.45, 2.75) is 25.3 Å². The fourth-order valence-electron chi connectivity index (χ4n) is 2.88. The minimum absolute atomic E-state index is 0.0917. The lowest BCUT2D eigenvalue weighted by Crippen LogP contribution is -2.53. The number of hydrogen-bond donors (Lipinski definition) is 2. The van der Waals surface area contributed by atoms with Crippen molar-refractivity contribution in [1.82, 2.24) is 10.2 Å². The highest BCUT2D eigenvalue weighted by Crippen LogP contribution is 2.24. The molecular weight excluding hydrogens is 322 g/mol. The molecule has 0 aliphatic carbocycles. The van der Waals surface area contributed by atoms with Gasteiger partial charge in [0.1, 0.15) is 17.7 Å². The predicted molar refractivity (Wildman–Crippen MR) is 80.0 cm³/mol. The molecule has 0 radical (unpaired) electrons. The molecule has 0 bridgehead atoms. The summed E-state index contributed by atoms with van der Waals surface area (Å²) in [7, 11) is 1.45. The minimum Gasteiger partial charge on any atom is -0.480 e. The Hall–Kier alpha value is -2.51. The van der Waals surface area contributed by atoms with Crippen molar-refractivity contribution < 1.29 is 28.3 Å². The van der Waals surface area contributed by atoms with Crippen LogP contribution in [0.5, 0.6) is 0 Å². The highest BCUT2D eigenvalue weighted by Gasteiger charge is 2.38. The second-order valence-electron chi connectivity index (χ2n) is 5.67. The number of carboxylic acid groups (broad SMARTS) is 1. The zero-order valence-corrected chi connectivity index (χ0v) is 13.1. The molecule has 8 heteroatoms. The van der Waals surface area contributed by atoms with E-state index < -0.39 is 47.5 Å². The molecule has 2 atom stereocenters. The molecule has 0 spiro atoms. The van der Waals surface area contributed by atoms with Crippen LogP contribution in [0.4, 0.5) is 8.78 Å². The number of piperidine rings is 1. The number of rotatable bonds is 4. The van der Waals surface area contributed by atoms with E-state index in [0.717, 1.165) is 17.0 Å². The van der Waals surface area contributed by atoms with E-state index in [1.807, 2.05) is 0 Å². The number of aliphatic carboxylic acids is 1. The molecule has 1 aliphatic heterocycles. The van der Waals surface area contributed by atoms with E-state index in [4.69, 9.17) is 0 Å². The molecule has 2 N–H and O–H groups in total. The molecule has 2 amide bonds. The first-order chi connectivity index (χ1) is 11.3. The van der Waals surface area contributed by atoms with Gasteiger partial charge in [0.2, 0.25) is 11.8 Å². The number of carboxylic acids is 1. The molecule has 130 valence electrons. The van der Waals surface area contributed by atoms with Gasteiger partial charge in [0, 0.05) is 19.2 Å². The average molecular weight is 340 g/mol. The van der Waals surface area contributed by atoms with Crippen molar-refractivity contribution in [1.29, 1.82) is 0 Å². The van der Waals surface area contributed by atoms with E-state index >= 15 is 0 Å². The van der Waals surface area contributed by atoms with Crippen molar-refractivity contribution in [3.8, 4) is 0 Å².